The summed E-state index contributed by atoms with van der Waals surface area (Å²) < 4.78 is 28.7. The summed E-state index contributed by atoms with van der Waals surface area (Å²) >= 11 is 0. The van der Waals surface area contributed by atoms with Crippen molar-refractivity contribution < 1.29 is 23.2 Å². The average molecular weight is 489 g/mol. The van der Waals surface area contributed by atoms with Gasteiger partial charge in [-0.25, -0.2) is 9.67 Å². The Kier molecular flexibility index (Phi) is 5.93. The summed E-state index contributed by atoms with van der Waals surface area (Å²) in [5.41, 5.74) is 2.41. The van der Waals surface area contributed by atoms with Crippen LogP contribution in [0.15, 0.2) is 56.2 Å². The van der Waals surface area contributed by atoms with E-state index in [2.05, 4.69) is 15.2 Å². The lowest BCUT2D eigenvalue weighted by Crippen LogP contribution is -2.25. The molecule has 5 rings (SSSR count). The van der Waals surface area contributed by atoms with Gasteiger partial charge in [0.2, 0.25) is 5.89 Å². The van der Waals surface area contributed by atoms with Crippen molar-refractivity contribution in [1.29, 1.82) is 0 Å². The summed E-state index contributed by atoms with van der Waals surface area (Å²) in [4.78, 5) is 17.9. The Morgan fingerprint density at radius 1 is 0.917 bits per heavy atom. The highest BCUT2D eigenvalue weighted by Crippen LogP contribution is 2.33. The normalized spacial score (nSPS) is 11.1. The predicted molar refractivity (Wildman–Crippen MR) is 132 cm³/mol. The number of rotatable bonds is 7. The van der Waals surface area contributed by atoms with E-state index >= 15 is 0 Å². The maximum atomic E-state index is 13.3. The molecule has 0 radical (unpaired) electrons. The molecule has 10 nitrogen and oxygen atoms in total. The SMILES string of the molecule is COc1cccc(-c2nn(Cc3nc(-c4ccc(OC)c(OC)c4)oc3C)c(=O)c3noc(C)c23)c1. The van der Waals surface area contributed by atoms with Gasteiger partial charge in [-0.2, -0.15) is 5.10 Å². The van der Waals surface area contributed by atoms with Crippen LogP contribution in [0.1, 0.15) is 17.2 Å². The molecule has 0 N–H and O–H groups in total. The summed E-state index contributed by atoms with van der Waals surface area (Å²) in [6.07, 6.45) is 0. The van der Waals surface area contributed by atoms with Crippen LogP contribution in [0.3, 0.4) is 0 Å². The Labute approximate surface area is 206 Å². The maximum absolute atomic E-state index is 13.3. The van der Waals surface area contributed by atoms with Crippen LogP contribution in [-0.2, 0) is 6.54 Å². The van der Waals surface area contributed by atoms with Crippen molar-refractivity contribution in [2.75, 3.05) is 21.3 Å². The molecule has 0 aliphatic carbocycles. The van der Waals surface area contributed by atoms with E-state index in [1.165, 1.54) is 4.68 Å². The standard InChI is InChI=1S/C26H24N4O6/c1-14-19(27-25(35-14)17-9-10-20(33-4)21(12-17)34-5)13-30-26(31)24-22(15(2)36-29-24)23(28-30)16-7-6-8-18(11-16)32-3/h6-12H,13H2,1-5H3. The Bertz CT molecular complexity index is 1630. The molecule has 36 heavy (non-hydrogen) atoms. The Morgan fingerprint density at radius 3 is 2.47 bits per heavy atom. The summed E-state index contributed by atoms with van der Waals surface area (Å²) in [7, 11) is 4.73. The van der Waals surface area contributed by atoms with E-state index in [4.69, 9.17) is 23.2 Å². The van der Waals surface area contributed by atoms with Gasteiger partial charge in [-0.1, -0.05) is 17.3 Å². The molecule has 0 aliphatic heterocycles. The van der Waals surface area contributed by atoms with Crippen molar-refractivity contribution in [3.8, 4) is 40.0 Å². The lowest BCUT2D eigenvalue weighted by atomic mass is 10.1. The average Bonchev–Trinajstić information content (AvgIpc) is 3.47. The quantitative estimate of drug-likeness (QED) is 0.329. The van der Waals surface area contributed by atoms with Crippen LogP contribution in [0.5, 0.6) is 17.2 Å². The molecule has 0 saturated carbocycles. The van der Waals surface area contributed by atoms with Gasteiger partial charge in [-0.15, -0.1) is 0 Å². The number of fused-ring (bicyclic) bond motifs is 1. The van der Waals surface area contributed by atoms with Gasteiger partial charge >= 0.3 is 0 Å². The lowest BCUT2D eigenvalue weighted by Gasteiger charge is -2.09. The first kappa shape index (κ1) is 23.2. The number of benzene rings is 2. The first-order valence-corrected chi connectivity index (χ1v) is 11.1. The van der Waals surface area contributed by atoms with E-state index in [9.17, 15) is 4.79 Å². The third kappa shape index (κ3) is 3.96. The molecule has 10 heteroatoms. The van der Waals surface area contributed by atoms with E-state index in [1.54, 1.807) is 47.3 Å². The highest BCUT2D eigenvalue weighted by Gasteiger charge is 2.21. The van der Waals surface area contributed by atoms with Crippen molar-refractivity contribution in [1.82, 2.24) is 19.9 Å². The number of hydrogen-bond acceptors (Lipinski definition) is 9. The van der Waals surface area contributed by atoms with Crippen molar-refractivity contribution in [3.05, 3.63) is 70.0 Å². The smallest absolute Gasteiger partial charge is 0.297 e. The number of aryl methyl sites for hydroxylation is 2. The van der Waals surface area contributed by atoms with Gasteiger partial charge in [-0.05, 0) is 44.2 Å². The molecule has 0 atom stereocenters. The molecule has 3 aromatic heterocycles. The van der Waals surface area contributed by atoms with Crippen LogP contribution in [0.2, 0.25) is 0 Å². The first-order valence-electron chi connectivity index (χ1n) is 11.1. The second-order valence-corrected chi connectivity index (χ2v) is 8.10. The Morgan fingerprint density at radius 2 is 1.72 bits per heavy atom. The number of oxazole rings is 1. The van der Waals surface area contributed by atoms with Gasteiger partial charge in [-0.3, -0.25) is 4.79 Å². The molecular weight excluding hydrogens is 464 g/mol. The van der Waals surface area contributed by atoms with E-state index in [-0.39, 0.29) is 17.6 Å². The first-order chi connectivity index (χ1) is 17.4. The molecule has 2 aromatic carbocycles. The molecule has 0 bridgehead atoms. The van der Waals surface area contributed by atoms with Crippen LogP contribution in [0.25, 0.3) is 33.6 Å². The third-order valence-corrected chi connectivity index (χ3v) is 5.92. The second-order valence-electron chi connectivity index (χ2n) is 8.10. The highest BCUT2D eigenvalue weighted by molar-refractivity contribution is 5.93. The minimum absolute atomic E-state index is 0.0836. The molecule has 3 heterocycles. The van der Waals surface area contributed by atoms with E-state index in [0.717, 1.165) is 5.56 Å². The second kappa shape index (κ2) is 9.21. The molecule has 184 valence electrons. The summed E-state index contributed by atoms with van der Waals surface area (Å²) in [5, 5.41) is 9.25. The molecule has 0 amide bonds. The van der Waals surface area contributed by atoms with Crippen LogP contribution in [0.4, 0.5) is 0 Å². The van der Waals surface area contributed by atoms with Gasteiger partial charge in [0.15, 0.2) is 17.0 Å². The van der Waals surface area contributed by atoms with Gasteiger partial charge in [0.25, 0.3) is 5.56 Å². The van der Waals surface area contributed by atoms with Crippen molar-refractivity contribution >= 4 is 10.9 Å². The van der Waals surface area contributed by atoms with Gasteiger partial charge in [0.05, 0.1) is 33.3 Å². The number of hydrogen-bond donors (Lipinski definition) is 0. The summed E-state index contributed by atoms with van der Waals surface area (Å²) in [6, 6.07) is 12.8. The highest BCUT2D eigenvalue weighted by atomic mass is 16.5. The number of nitrogens with zero attached hydrogens (tertiary/aromatic N) is 4. The minimum Gasteiger partial charge on any atom is -0.497 e. The van der Waals surface area contributed by atoms with Crippen LogP contribution in [0, 0.1) is 13.8 Å². The van der Waals surface area contributed by atoms with Crippen molar-refractivity contribution in [2.24, 2.45) is 0 Å². The largest absolute Gasteiger partial charge is 0.497 e. The van der Waals surface area contributed by atoms with Crippen molar-refractivity contribution in [2.45, 2.75) is 20.4 Å². The monoisotopic (exact) mass is 488 g/mol. The minimum atomic E-state index is -0.386. The number of aromatic nitrogens is 4. The number of ether oxygens (including phenoxy) is 3. The predicted octanol–water partition coefficient (Wildman–Crippen LogP) is 4.40. The topological polar surface area (TPSA) is 115 Å². The van der Waals surface area contributed by atoms with Gasteiger partial charge in [0.1, 0.15) is 28.7 Å². The van der Waals surface area contributed by atoms with E-state index in [0.29, 0.717) is 57.0 Å². The van der Waals surface area contributed by atoms with E-state index < -0.39 is 0 Å². The molecule has 5 aromatic rings. The molecule has 0 aliphatic rings. The fraction of sp³-hybridized carbons (Fsp3) is 0.231. The Balaban J connectivity index is 1.59. The molecule has 0 spiro atoms. The Hall–Kier alpha value is -4.60. The fourth-order valence-corrected chi connectivity index (χ4v) is 4.02. The lowest BCUT2D eigenvalue weighted by molar-refractivity contribution is 0.355. The fourth-order valence-electron chi connectivity index (χ4n) is 4.02. The van der Waals surface area contributed by atoms with Crippen molar-refractivity contribution in [3.63, 3.8) is 0 Å². The molecule has 0 unspecified atom stereocenters. The van der Waals surface area contributed by atoms with E-state index in [1.807, 2.05) is 30.3 Å². The maximum Gasteiger partial charge on any atom is 0.297 e. The zero-order chi connectivity index (χ0) is 25.4. The molecule has 0 fully saturated rings. The van der Waals surface area contributed by atoms with Gasteiger partial charge in [0, 0.05) is 11.1 Å². The van der Waals surface area contributed by atoms with Crippen LogP contribution < -0.4 is 19.8 Å². The third-order valence-electron chi connectivity index (χ3n) is 5.92. The molecule has 0 saturated heterocycles. The zero-order valence-electron chi connectivity index (χ0n) is 20.5. The summed E-state index contributed by atoms with van der Waals surface area (Å²) in [5.74, 6) is 3.28. The number of methoxy groups -OCH3 is 3. The molecular formula is C26H24N4O6. The van der Waals surface area contributed by atoms with Gasteiger partial charge < -0.3 is 23.2 Å². The summed E-state index contributed by atoms with van der Waals surface area (Å²) in [6.45, 7) is 3.63. The van der Waals surface area contributed by atoms with Crippen LogP contribution >= 0.6 is 0 Å². The zero-order valence-corrected chi connectivity index (χ0v) is 20.5. The van der Waals surface area contributed by atoms with Crippen LogP contribution in [-0.4, -0.2) is 41.3 Å².